The number of fused-ring (bicyclic) bond motifs is 6. The van der Waals surface area contributed by atoms with E-state index in [1.165, 1.54) is 42.5 Å². The molecule has 2 bridgehead atoms. The van der Waals surface area contributed by atoms with Gasteiger partial charge < -0.3 is 4.98 Å². The highest BCUT2D eigenvalue weighted by molar-refractivity contribution is 5.85. The Morgan fingerprint density at radius 3 is 3.11 bits per heavy atom. The zero-order valence-corrected chi connectivity index (χ0v) is 11.4. The van der Waals surface area contributed by atoms with Crippen LogP contribution in [0.15, 0.2) is 36.4 Å². The van der Waals surface area contributed by atoms with Crippen molar-refractivity contribution in [3.05, 3.63) is 47.7 Å². The largest absolute Gasteiger partial charge is 0.357 e. The highest BCUT2D eigenvalue weighted by Gasteiger charge is 2.38. The summed E-state index contributed by atoms with van der Waals surface area (Å²) in [5.41, 5.74) is 4.51. The van der Waals surface area contributed by atoms with E-state index in [4.69, 9.17) is 0 Å². The number of hydrogen-bond donors (Lipinski definition) is 1. The van der Waals surface area contributed by atoms with E-state index in [9.17, 15) is 0 Å². The molecule has 1 N–H and O–H groups in total. The van der Waals surface area contributed by atoms with E-state index < -0.39 is 0 Å². The van der Waals surface area contributed by atoms with Crippen LogP contribution in [0.4, 0.5) is 0 Å². The van der Waals surface area contributed by atoms with E-state index in [1.807, 2.05) is 0 Å². The molecule has 4 rings (SSSR count). The van der Waals surface area contributed by atoms with E-state index in [2.05, 4.69) is 53.2 Å². The predicted molar refractivity (Wildman–Crippen MR) is 79.6 cm³/mol. The molecule has 0 saturated heterocycles. The van der Waals surface area contributed by atoms with Crippen LogP contribution in [0.3, 0.4) is 0 Å². The highest BCUT2D eigenvalue weighted by atomic mass is 15.1. The fraction of sp³-hybridized carbons (Fsp3) is 0.412. The van der Waals surface area contributed by atoms with Crippen LogP contribution in [0.5, 0.6) is 0 Å². The lowest BCUT2D eigenvalue weighted by Gasteiger charge is -2.36. The maximum atomic E-state index is 3.73. The Morgan fingerprint density at radius 1 is 1.32 bits per heavy atom. The number of nitrogens with one attached hydrogen (secondary N) is 1. The molecule has 2 aromatic rings. The molecule has 2 aliphatic heterocycles. The summed E-state index contributed by atoms with van der Waals surface area (Å²) in [6.07, 6.45) is 7.14. The minimum Gasteiger partial charge on any atom is -0.357 e. The first-order valence-electron chi connectivity index (χ1n) is 7.32. The second kappa shape index (κ2) is 3.97. The highest BCUT2D eigenvalue weighted by Crippen LogP contribution is 2.40. The van der Waals surface area contributed by atoms with Gasteiger partial charge in [0, 0.05) is 41.6 Å². The molecule has 2 unspecified atom stereocenters. The van der Waals surface area contributed by atoms with Crippen LogP contribution in [-0.2, 0) is 11.8 Å². The molecule has 0 radical (unpaired) electrons. The monoisotopic (exact) mass is 252 g/mol. The Balaban J connectivity index is 2.01. The third kappa shape index (κ3) is 1.53. The Kier molecular flexibility index (Phi) is 2.36. The third-order valence-corrected chi connectivity index (χ3v) is 4.93. The second-order valence-corrected chi connectivity index (χ2v) is 5.92. The molecule has 0 fully saturated rings. The molecule has 98 valence electrons. The number of nitrogens with zero attached hydrogens (tertiary/aromatic N) is 1. The molecular formula is C17H20N2. The minimum atomic E-state index is 0.198. The quantitative estimate of drug-likeness (QED) is 0.772. The number of benzene rings is 1. The Labute approximate surface area is 114 Å². The van der Waals surface area contributed by atoms with Crippen molar-refractivity contribution in [1.82, 2.24) is 9.88 Å². The van der Waals surface area contributed by atoms with E-state index >= 15 is 0 Å². The molecule has 1 aromatic heterocycles. The van der Waals surface area contributed by atoms with Gasteiger partial charge in [-0.15, -0.1) is 0 Å². The molecule has 1 aromatic carbocycles. The number of hydrogen-bond acceptors (Lipinski definition) is 1. The van der Waals surface area contributed by atoms with Gasteiger partial charge in [0.2, 0.25) is 0 Å². The summed E-state index contributed by atoms with van der Waals surface area (Å²) < 4.78 is 0. The van der Waals surface area contributed by atoms with Crippen LogP contribution >= 0.6 is 0 Å². The first kappa shape index (κ1) is 11.3. The van der Waals surface area contributed by atoms with E-state index in [-0.39, 0.29) is 5.41 Å². The van der Waals surface area contributed by atoms with Gasteiger partial charge >= 0.3 is 0 Å². The van der Waals surface area contributed by atoms with Crippen LogP contribution < -0.4 is 0 Å². The second-order valence-electron chi connectivity index (χ2n) is 5.92. The molecule has 2 atom stereocenters. The van der Waals surface area contributed by atoms with E-state index in [0.717, 1.165) is 6.54 Å². The lowest BCUT2D eigenvalue weighted by Crippen LogP contribution is -2.41. The minimum absolute atomic E-state index is 0.198. The molecule has 0 spiro atoms. The summed E-state index contributed by atoms with van der Waals surface area (Å²) in [7, 11) is 0. The summed E-state index contributed by atoms with van der Waals surface area (Å²) in [6.45, 7) is 5.78. The first-order chi connectivity index (χ1) is 9.32. The fourth-order valence-electron chi connectivity index (χ4n) is 3.84. The molecule has 0 aliphatic carbocycles. The summed E-state index contributed by atoms with van der Waals surface area (Å²) in [5, 5.41) is 1.42. The summed E-state index contributed by atoms with van der Waals surface area (Å²) in [5.74, 6) is 0. The van der Waals surface area contributed by atoms with Crippen LogP contribution in [-0.4, -0.2) is 29.5 Å². The van der Waals surface area contributed by atoms with Crippen molar-refractivity contribution in [2.75, 3.05) is 19.6 Å². The SMILES string of the molecule is CCC12C=CCN(CCc3c1[nH]c1ccccc31)C2. The van der Waals surface area contributed by atoms with Crippen molar-refractivity contribution < 1.29 is 0 Å². The van der Waals surface area contributed by atoms with Crippen molar-refractivity contribution in [3.8, 4) is 0 Å². The molecule has 3 heterocycles. The van der Waals surface area contributed by atoms with E-state index in [1.54, 1.807) is 5.56 Å². The number of aromatic nitrogens is 1. The van der Waals surface area contributed by atoms with Crippen molar-refractivity contribution in [1.29, 1.82) is 0 Å². The topological polar surface area (TPSA) is 19.0 Å². The number of para-hydroxylation sites is 1. The fourth-order valence-corrected chi connectivity index (χ4v) is 3.84. The molecular weight excluding hydrogens is 232 g/mol. The molecule has 0 saturated carbocycles. The number of aromatic amines is 1. The Hall–Kier alpha value is -1.54. The van der Waals surface area contributed by atoms with Gasteiger partial charge in [-0.05, 0) is 24.5 Å². The third-order valence-electron chi connectivity index (χ3n) is 4.93. The van der Waals surface area contributed by atoms with Crippen molar-refractivity contribution in [3.63, 3.8) is 0 Å². The van der Waals surface area contributed by atoms with Crippen molar-refractivity contribution >= 4 is 10.9 Å². The maximum Gasteiger partial charge on any atom is 0.0459 e. The van der Waals surface area contributed by atoms with Crippen LogP contribution in [0.2, 0.25) is 0 Å². The molecule has 2 heteroatoms. The first-order valence-corrected chi connectivity index (χ1v) is 7.32. The molecule has 19 heavy (non-hydrogen) atoms. The van der Waals surface area contributed by atoms with Gasteiger partial charge in [-0.2, -0.15) is 0 Å². The van der Waals surface area contributed by atoms with Gasteiger partial charge in [-0.25, -0.2) is 0 Å². The lowest BCUT2D eigenvalue weighted by molar-refractivity contribution is 0.243. The molecule has 2 nitrogen and oxygen atoms in total. The summed E-state index contributed by atoms with van der Waals surface area (Å²) >= 11 is 0. The van der Waals surface area contributed by atoms with Crippen molar-refractivity contribution in [2.45, 2.75) is 25.2 Å². The van der Waals surface area contributed by atoms with Crippen LogP contribution in [0.1, 0.15) is 24.6 Å². The predicted octanol–water partition coefficient (Wildman–Crippen LogP) is 3.24. The van der Waals surface area contributed by atoms with Gasteiger partial charge in [0.15, 0.2) is 0 Å². The maximum absolute atomic E-state index is 3.73. The van der Waals surface area contributed by atoms with Gasteiger partial charge in [-0.3, -0.25) is 4.90 Å². The number of H-pyrrole nitrogens is 1. The molecule has 0 amide bonds. The molecule has 2 aliphatic rings. The zero-order valence-electron chi connectivity index (χ0n) is 11.4. The van der Waals surface area contributed by atoms with Crippen molar-refractivity contribution in [2.24, 2.45) is 0 Å². The van der Waals surface area contributed by atoms with Crippen LogP contribution in [0, 0.1) is 0 Å². The standard InChI is InChI=1S/C17H20N2/c1-2-17-9-5-10-19(12-17)11-8-14-13-6-3-4-7-15(13)18-16(14)17/h3-7,9,18H,2,8,10-12H2,1H3. The Morgan fingerprint density at radius 2 is 2.21 bits per heavy atom. The zero-order chi connectivity index (χ0) is 12.9. The smallest absolute Gasteiger partial charge is 0.0459 e. The summed E-state index contributed by atoms with van der Waals surface area (Å²) in [4.78, 5) is 6.31. The van der Waals surface area contributed by atoms with Gasteiger partial charge in [0.05, 0.1) is 0 Å². The normalized spacial score (nSPS) is 29.2. The van der Waals surface area contributed by atoms with E-state index in [0.29, 0.717) is 0 Å². The average Bonchev–Trinajstić information content (AvgIpc) is 2.80. The Bertz CT molecular complexity index is 652. The van der Waals surface area contributed by atoms with Gasteiger partial charge in [-0.1, -0.05) is 37.3 Å². The lowest BCUT2D eigenvalue weighted by atomic mass is 9.78. The average molecular weight is 252 g/mol. The summed E-state index contributed by atoms with van der Waals surface area (Å²) in [6, 6.07) is 8.75. The number of rotatable bonds is 1. The van der Waals surface area contributed by atoms with Gasteiger partial charge in [0.25, 0.3) is 0 Å². The van der Waals surface area contributed by atoms with Crippen LogP contribution in [0.25, 0.3) is 10.9 Å². The van der Waals surface area contributed by atoms with Gasteiger partial charge in [0.1, 0.15) is 0 Å².